The van der Waals surface area contributed by atoms with Crippen molar-refractivity contribution in [2.45, 2.75) is 19.5 Å². The van der Waals surface area contributed by atoms with Gasteiger partial charge < -0.3 is 29.2 Å². The van der Waals surface area contributed by atoms with E-state index in [1.54, 1.807) is 39.5 Å². The monoisotopic (exact) mass is 471 g/mol. The average molecular weight is 472 g/mol. The molecule has 0 bridgehead atoms. The molecule has 1 aliphatic rings. The molecule has 34 heavy (non-hydrogen) atoms. The highest BCUT2D eigenvalue weighted by molar-refractivity contribution is 5.89. The molecule has 1 atom stereocenters. The molecule has 1 fully saturated rings. The van der Waals surface area contributed by atoms with Crippen molar-refractivity contribution in [1.82, 2.24) is 10.2 Å². The maximum Gasteiger partial charge on any atom is 0.337 e. The smallest absolute Gasteiger partial charge is 0.337 e. The summed E-state index contributed by atoms with van der Waals surface area (Å²) < 4.78 is 20.9. The van der Waals surface area contributed by atoms with E-state index in [2.05, 4.69) is 22.0 Å². The summed E-state index contributed by atoms with van der Waals surface area (Å²) in [7, 11) is 6.09. The quantitative estimate of drug-likeness (QED) is 0.558. The predicted molar refractivity (Wildman–Crippen MR) is 129 cm³/mol. The van der Waals surface area contributed by atoms with Crippen molar-refractivity contribution >= 4 is 17.6 Å². The van der Waals surface area contributed by atoms with Crippen LogP contribution in [0, 0.1) is 0 Å². The Morgan fingerprint density at radius 2 is 1.59 bits per heavy atom. The third kappa shape index (κ3) is 5.91. The van der Waals surface area contributed by atoms with Gasteiger partial charge in [-0.15, -0.1) is 0 Å². The van der Waals surface area contributed by atoms with Crippen LogP contribution in [0.25, 0.3) is 0 Å². The topological polar surface area (TPSA) is 89.6 Å². The van der Waals surface area contributed by atoms with E-state index in [0.717, 1.165) is 30.9 Å². The lowest BCUT2D eigenvalue weighted by atomic mass is 10.1. The Bertz CT molecular complexity index is 995. The largest absolute Gasteiger partial charge is 0.496 e. The number of ether oxygens (including phenoxy) is 4. The van der Waals surface area contributed by atoms with Gasteiger partial charge in [0, 0.05) is 49.5 Å². The molecular formula is C25H33N3O6. The molecule has 1 unspecified atom stereocenters. The zero-order valence-corrected chi connectivity index (χ0v) is 20.4. The number of carbonyl (C=O) groups is 2. The number of nitrogens with zero attached hydrogens (tertiary/aromatic N) is 2. The lowest BCUT2D eigenvalue weighted by Gasteiger charge is -2.40. The summed E-state index contributed by atoms with van der Waals surface area (Å²) in [5.74, 6) is 1.37. The highest BCUT2D eigenvalue weighted by Gasteiger charge is 2.25. The summed E-state index contributed by atoms with van der Waals surface area (Å²) in [6.45, 7) is 5.08. The van der Waals surface area contributed by atoms with Gasteiger partial charge >= 0.3 is 5.97 Å². The Kier molecular flexibility index (Phi) is 8.59. The first-order valence-corrected chi connectivity index (χ1v) is 11.1. The number of amides is 1. The zero-order chi connectivity index (χ0) is 24.7. The first-order chi connectivity index (χ1) is 16.4. The van der Waals surface area contributed by atoms with Crippen molar-refractivity contribution in [2.75, 3.05) is 59.5 Å². The third-order valence-corrected chi connectivity index (χ3v) is 6.03. The molecule has 2 aromatic rings. The summed E-state index contributed by atoms with van der Waals surface area (Å²) in [5, 5.41) is 2.98. The Labute approximate surface area is 200 Å². The number of anilines is 1. The lowest BCUT2D eigenvalue weighted by molar-refractivity contribution is -0.123. The summed E-state index contributed by atoms with van der Waals surface area (Å²) >= 11 is 0. The molecular weight excluding hydrogens is 438 g/mol. The second-order valence-electron chi connectivity index (χ2n) is 8.10. The SMILES string of the molecule is COC(=O)c1ccc(N2CCN(CC(=O)NCc3cc(OC)c(OC)cc3OC)C(C)C2)cc1. The molecule has 0 spiro atoms. The van der Waals surface area contributed by atoms with Crippen LogP contribution in [0.4, 0.5) is 5.69 Å². The van der Waals surface area contributed by atoms with E-state index in [9.17, 15) is 9.59 Å². The molecule has 1 heterocycles. The Morgan fingerprint density at radius 3 is 2.18 bits per heavy atom. The number of piperazine rings is 1. The number of hydrogen-bond acceptors (Lipinski definition) is 8. The fraction of sp³-hybridized carbons (Fsp3) is 0.440. The van der Waals surface area contributed by atoms with Crippen molar-refractivity contribution in [3.8, 4) is 17.2 Å². The molecule has 1 aliphatic heterocycles. The average Bonchev–Trinajstić information content (AvgIpc) is 2.87. The molecule has 1 amide bonds. The van der Waals surface area contributed by atoms with Crippen LogP contribution in [0.3, 0.4) is 0 Å². The van der Waals surface area contributed by atoms with E-state index in [4.69, 9.17) is 18.9 Å². The van der Waals surface area contributed by atoms with Gasteiger partial charge in [0.25, 0.3) is 0 Å². The molecule has 3 rings (SSSR count). The van der Waals surface area contributed by atoms with E-state index in [-0.39, 0.29) is 17.9 Å². The molecule has 9 heteroatoms. The van der Waals surface area contributed by atoms with Crippen molar-refractivity contribution in [3.05, 3.63) is 47.5 Å². The normalized spacial score (nSPS) is 16.0. The number of benzene rings is 2. The summed E-state index contributed by atoms with van der Waals surface area (Å²) in [5.41, 5.74) is 2.38. The molecule has 0 saturated carbocycles. The minimum atomic E-state index is -0.346. The Hall–Kier alpha value is -3.46. The summed E-state index contributed by atoms with van der Waals surface area (Å²) in [6.07, 6.45) is 0. The maximum absolute atomic E-state index is 12.7. The van der Waals surface area contributed by atoms with Crippen LogP contribution in [0.1, 0.15) is 22.8 Å². The van der Waals surface area contributed by atoms with Gasteiger partial charge in [-0.1, -0.05) is 0 Å². The number of hydrogen-bond donors (Lipinski definition) is 1. The molecule has 2 aromatic carbocycles. The molecule has 1 N–H and O–H groups in total. The van der Waals surface area contributed by atoms with Gasteiger partial charge in [0.1, 0.15) is 5.75 Å². The van der Waals surface area contributed by atoms with Crippen molar-refractivity contribution in [2.24, 2.45) is 0 Å². The highest BCUT2D eigenvalue weighted by Crippen LogP contribution is 2.34. The summed E-state index contributed by atoms with van der Waals surface area (Å²) in [4.78, 5) is 28.7. The minimum absolute atomic E-state index is 0.0560. The predicted octanol–water partition coefficient (Wildman–Crippen LogP) is 2.33. The van der Waals surface area contributed by atoms with Gasteiger partial charge in [-0.2, -0.15) is 0 Å². The van der Waals surface area contributed by atoms with Crippen LogP contribution in [-0.4, -0.2) is 77.4 Å². The second kappa shape index (κ2) is 11.6. The molecule has 9 nitrogen and oxygen atoms in total. The molecule has 184 valence electrons. The van der Waals surface area contributed by atoms with Crippen molar-refractivity contribution in [3.63, 3.8) is 0 Å². The van der Waals surface area contributed by atoms with Gasteiger partial charge in [0.15, 0.2) is 11.5 Å². The van der Waals surface area contributed by atoms with Crippen LogP contribution >= 0.6 is 0 Å². The molecule has 1 saturated heterocycles. The highest BCUT2D eigenvalue weighted by atomic mass is 16.5. The van der Waals surface area contributed by atoms with Crippen LogP contribution in [-0.2, 0) is 16.1 Å². The van der Waals surface area contributed by atoms with Gasteiger partial charge in [0.05, 0.1) is 40.5 Å². The van der Waals surface area contributed by atoms with Crippen molar-refractivity contribution in [1.29, 1.82) is 0 Å². The van der Waals surface area contributed by atoms with Crippen LogP contribution in [0.5, 0.6) is 17.2 Å². The van der Waals surface area contributed by atoms with E-state index in [1.165, 1.54) is 7.11 Å². The number of esters is 1. The standard InChI is InChI=1S/C25H33N3O6/c1-17-15-28(20-8-6-18(7-9-20)25(30)34-5)11-10-27(17)16-24(29)26-14-19-12-22(32-3)23(33-4)13-21(19)31-2/h6-9,12-13,17H,10-11,14-16H2,1-5H3,(H,26,29). The number of nitrogens with one attached hydrogen (secondary N) is 1. The van der Waals surface area contributed by atoms with Crippen LogP contribution in [0.15, 0.2) is 36.4 Å². The van der Waals surface area contributed by atoms with Crippen LogP contribution < -0.4 is 24.4 Å². The number of methoxy groups -OCH3 is 4. The van der Waals surface area contributed by atoms with E-state index in [0.29, 0.717) is 35.9 Å². The van der Waals surface area contributed by atoms with Gasteiger partial charge in [0.2, 0.25) is 5.91 Å². The zero-order valence-electron chi connectivity index (χ0n) is 20.4. The van der Waals surface area contributed by atoms with Gasteiger partial charge in [-0.05, 0) is 37.3 Å². The summed E-state index contributed by atoms with van der Waals surface area (Å²) in [6, 6.07) is 11.2. The minimum Gasteiger partial charge on any atom is -0.496 e. The van der Waals surface area contributed by atoms with Crippen LogP contribution in [0.2, 0.25) is 0 Å². The number of rotatable bonds is 9. The second-order valence-corrected chi connectivity index (χ2v) is 8.10. The molecule has 0 aromatic heterocycles. The Morgan fingerprint density at radius 1 is 0.941 bits per heavy atom. The van der Waals surface area contributed by atoms with E-state index in [1.807, 2.05) is 18.2 Å². The number of carbonyl (C=O) groups excluding carboxylic acids is 2. The van der Waals surface area contributed by atoms with Crippen molar-refractivity contribution < 1.29 is 28.5 Å². The van der Waals surface area contributed by atoms with Gasteiger partial charge in [-0.25, -0.2) is 4.79 Å². The van der Waals surface area contributed by atoms with Gasteiger partial charge in [-0.3, -0.25) is 9.69 Å². The Balaban J connectivity index is 1.54. The first-order valence-electron chi connectivity index (χ1n) is 11.1. The fourth-order valence-electron chi connectivity index (χ4n) is 4.06. The molecule has 0 radical (unpaired) electrons. The van der Waals surface area contributed by atoms with E-state index >= 15 is 0 Å². The third-order valence-electron chi connectivity index (χ3n) is 6.03. The van der Waals surface area contributed by atoms with E-state index < -0.39 is 0 Å². The molecule has 0 aliphatic carbocycles. The first kappa shape index (κ1) is 25.2. The lowest BCUT2D eigenvalue weighted by Crippen LogP contribution is -2.54. The fourth-order valence-corrected chi connectivity index (χ4v) is 4.06. The maximum atomic E-state index is 12.7.